The molecule has 5 nitrogen and oxygen atoms in total. The second kappa shape index (κ2) is 8.77. The summed E-state index contributed by atoms with van der Waals surface area (Å²) in [5.41, 5.74) is 0.657. The number of rotatable bonds is 8. The van der Waals surface area contributed by atoms with E-state index in [0.717, 1.165) is 0 Å². The number of hydrogen-bond donors (Lipinski definition) is 2. The highest BCUT2D eigenvalue weighted by Gasteiger charge is 2.23. The molecule has 1 aromatic carbocycles. The normalized spacial score (nSPS) is 17.6. The summed E-state index contributed by atoms with van der Waals surface area (Å²) < 4.78 is 53.0. The predicted molar refractivity (Wildman–Crippen MR) is 93.2 cm³/mol. The van der Waals surface area contributed by atoms with E-state index in [9.17, 15) is 4.79 Å². The van der Waals surface area contributed by atoms with Crippen LogP contribution in [0.25, 0.3) is 0 Å². The quantitative estimate of drug-likeness (QED) is 0.769. The van der Waals surface area contributed by atoms with E-state index in [4.69, 9.17) is 17.7 Å². The van der Waals surface area contributed by atoms with Crippen LogP contribution in [0.1, 0.15) is 41.0 Å². The largest absolute Gasteiger partial charge is 0.493 e. The van der Waals surface area contributed by atoms with Gasteiger partial charge in [-0.1, -0.05) is 26.8 Å². The second-order valence-corrected chi connectivity index (χ2v) is 6.63. The van der Waals surface area contributed by atoms with Gasteiger partial charge in [-0.05, 0) is 43.0 Å². The van der Waals surface area contributed by atoms with Gasteiger partial charge < -0.3 is 20.1 Å². The summed E-state index contributed by atoms with van der Waals surface area (Å²) in [4.78, 5) is 12.4. The van der Waals surface area contributed by atoms with Gasteiger partial charge in [-0.2, -0.15) is 0 Å². The molecule has 0 aromatic heterocycles. The van der Waals surface area contributed by atoms with E-state index in [1.165, 1.54) is 12.1 Å². The molecule has 0 unspecified atom stereocenters. The van der Waals surface area contributed by atoms with E-state index in [1.807, 2.05) is 0 Å². The van der Waals surface area contributed by atoms with Crippen molar-refractivity contribution >= 4 is 5.91 Å². The lowest BCUT2D eigenvalue weighted by molar-refractivity contribution is -0.123. The van der Waals surface area contributed by atoms with Crippen molar-refractivity contribution in [3.63, 3.8) is 0 Å². The van der Waals surface area contributed by atoms with Crippen molar-refractivity contribution in [2.45, 2.75) is 39.7 Å². The fraction of sp³-hybridized carbons (Fsp3) is 0.611. The number of carbonyl (C=O) groups is 1. The lowest BCUT2D eigenvalue weighted by Crippen LogP contribution is -2.45. The summed E-state index contributed by atoms with van der Waals surface area (Å²) in [5.74, 6) is -0.496. The molecule has 1 rings (SSSR count). The smallest absolute Gasteiger partial charge is 0.237 e. The van der Waals surface area contributed by atoms with Crippen LogP contribution >= 0.6 is 0 Å². The standard InChI is InChI=1S/C18H30N2O3/c1-18(2,3)12-14(19-4)17(21)20-10-9-13-7-8-15(22-5)16(11-13)23-6/h7-8,11,14,19H,9-10,12H2,1-6H3,(H,20,21)/t14-/m1/s1/i5D3,6D3. The summed E-state index contributed by atoms with van der Waals surface area (Å²) in [5, 5.41) is 5.86. The molecule has 0 saturated carbocycles. The molecular formula is C18H30N2O3. The summed E-state index contributed by atoms with van der Waals surface area (Å²) >= 11 is 0. The number of amides is 1. The zero-order chi connectivity index (χ0) is 22.5. The minimum absolute atomic E-state index is 0.00880. The molecule has 0 spiro atoms. The first-order chi connectivity index (χ1) is 13.1. The van der Waals surface area contributed by atoms with Crippen LogP contribution in [0.4, 0.5) is 0 Å². The minimum atomic E-state index is -2.76. The van der Waals surface area contributed by atoms with Gasteiger partial charge in [0.2, 0.25) is 5.91 Å². The van der Waals surface area contributed by atoms with E-state index in [2.05, 4.69) is 31.4 Å². The molecule has 0 bridgehead atoms. The maximum absolute atomic E-state index is 12.4. The summed E-state index contributed by atoms with van der Waals surface area (Å²) in [6.45, 7) is 6.49. The average Bonchev–Trinajstić information content (AvgIpc) is 2.51. The lowest BCUT2D eigenvalue weighted by Gasteiger charge is -2.25. The fourth-order valence-corrected chi connectivity index (χ4v) is 2.26. The SMILES string of the molecule is [2H]C([2H])([2H])Oc1ccc(CCNC(=O)[C@@H](CC(C)(C)C)NC)cc1OC([2H])([2H])[2H]. The van der Waals surface area contributed by atoms with Gasteiger partial charge >= 0.3 is 0 Å². The van der Waals surface area contributed by atoms with Gasteiger partial charge in [-0.25, -0.2) is 0 Å². The number of likely N-dealkylation sites (N-methyl/N-ethyl adjacent to an activating group) is 1. The highest BCUT2D eigenvalue weighted by atomic mass is 16.5. The third kappa shape index (κ3) is 6.48. The molecule has 0 aliphatic heterocycles. The van der Waals surface area contributed by atoms with Gasteiger partial charge in [0.05, 0.1) is 28.3 Å². The monoisotopic (exact) mass is 328 g/mol. The average molecular weight is 328 g/mol. The maximum atomic E-state index is 12.4. The molecule has 0 aliphatic carbocycles. The van der Waals surface area contributed by atoms with Crippen molar-refractivity contribution in [3.05, 3.63) is 23.8 Å². The molecule has 1 atom stereocenters. The third-order valence-corrected chi connectivity index (χ3v) is 3.42. The number of benzene rings is 1. The van der Waals surface area contributed by atoms with Gasteiger partial charge in [0.15, 0.2) is 11.5 Å². The zero-order valence-corrected chi connectivity index (χ0v) is 14.2. The maximum Gasteiger partial charge on any atom is 0.237 e. The van der Waals surface area contributed by atoms with Crippen LogP contribution < -0.4 is 20.1 Å². The lowest BCUT2D eigenvalue weighted by atomic mass is 9.88. The predicted octanol–water partition coefficient (Wildman–Crippen LogP) is 2.39. The molecule has 0 fully saturated rings. The summed E-state index contributed by atoms with van der Waals surface area (Å²) in [6, 6.07) is 4.04. The zero-order valence-electron chi connectivity index (χ0n) is 20.2. The number of hydrogen-bond acceptors (Lipinski definition) is 4. The second-order valence-electron chi connectivity index (χ2n) is 6.63. The Labute approximate surface area is 148 Å². The molecule has 130 valence electrons. The Morgan fingerprint density at radius 1 is 1.26 bits per heavy atom. The molecule has 0 saturated heterocycles. The van der Waals surface area contributed by atoms with Crippen molar-refractivity contribution in [2.24, 2.45) is 5.41 Å². The first kappa shape index (κ1) is 11.7. The van der Waals surface area contributed by atoms with Crippen molar-refractivity contribution in [1.82, 2.24) is 10.6 Å². The summed E-state index contributed by atoms with van der Waals surface area (Å²) in [6.07, 6.45) is 1.08. The number of carbonyl (C=O) groups excluding carboxylic acids is 1. The minimum Gasteiger partial charge on any atom is -0.493 e. The number of methoxy groups -OCH3 is 2. The van der Waals surface area contributed by atoms with Crippen LogP contribution in [-0.2, 0) is 11.2 Å². The van der Waals surface area contributed by atoms with E-state index in [-0.39, 0.29) is 28.9 Å². The molecule has 0 aliphatic rings. The highest BCUT2D eigenvalue weighted by molar-refractivity contribution is 5.81. The Bertz CT molecular complexity index is 684. The van der Waals surface area contributed by atoms with Crippen LogP contribution in [0.15, 0.2) is 18.2 Å². The van der Waals surface area contributed by atoms with Gasteiger partial charge in [0.25, 0.3) is 0 Å². The topological polar surface area (TPSA) is 59.6 Å². The van der Waals surface area contributed by atoms with Gasteiger partial charge in [-0.3, -0.25) is 4.79 Å². The van der Waals surface area contributed by atoms with Crippen LogP contribution in [0.2, 0.25) is 0 Å². The number of nitrogens with one attached hydrogen (secondary N) is 2. The molecule has 5 heteroatoms. The van der Waals surface area contributed by atoms with E-state index in [1.54, 1.807) is 13.1 Å². The van der Waals surface area contributed by atoms with Crippen LogP contribution in [0.3, 0.4) is 0 Å². The van der Waals surface area contributed by atoms with Crippen molar-refractivity contribution in [3.8, 4) is 11.5 Å². The Morgan fingerprint density at radius 2 is 1.96 bits per heavy atom. The van der Waals surface area contributed by atoms with Crippen molar-refractivity contribution < 1.29 is 22.5 Å². The number of ether oxygens (including phenoxy) is 2. The first-order valence-electron chi connectivity index (χ1n) is 10.6. The third-order valence-electron chi connectivity index (χ3n) is 3.42. The Kier molecular flexibility index (Phi) is 4.47. The fourth-order valence-electron chi connectivity index (χ4n) is 2.26. The van der Waals surface area contributed by atoms with Gasteiger partial charge in [0, 0.05) is 6.54 Å². The Balaban J connectivity index is 2.81. The Morgan fingerprint density at radius 3 is 2.57 bits per heavy atom. The first-order valence-corrected chi connectivity index (χ1v) is 7.55. The highest BCUT2D eigenvalue weighted by Crippen LogP contribution is 2.27. The Hall–Kier alpha value is -1.75. The molecular weight excluding hydrogens is 292 g/mol. The molecule has 0 radical (unpaired) electrons. The van der Waals surface area contributed by atoms with Gasteiger partial charge in [0.1, 0.15) is 0 Å². The molecule has 0 heterocycles. The van der Waals surface area contributed by atoms with Crippen molar-refractivity contribution in [2.75, 3.05) is 27.7 Å². The van der Waals surface area contributed by atoms with Crippen molar-refractivity contribution in [1.29, 1.82) is 0 Å². The van der Waals surface area contributed by atoms with Crippen LogP contribution in [0, 0.1) is 5.41 Å². The molecule has 1 aromatic rings. The van der Waals surface area contributed by atoms with Crippen LogP contribution in [0.5, 0.6) is 11.5 Å². The van der Waals surface area contributed by atoms with E-state index >= 15 is 0 Å². The molecule has 1 amide bonds. The van der Waals surface area contributed by atoms with E-state index in [0.29, 0.717) is 24.9 Å². The van der Waals surface area contributed by atoms with Crippen LogP contribution in [-0.4, -0.2) is 39.6 Å². The van der Waals surface area contributed by atoms with Gasteiger partial charge in [-0.15, -0.1) is 0 Å². The van der Waals surface area contributed by atoms with E-state index < -0.39 is 14.1 Å². The molecule has 2 N–H and O–H groups in total. The molecule has 23 heavy (non-hydrogen) atoms. The summed E-state index contributed by atoms with van der Waals surface area (Å²) in [7, 11) is -3.76.